The Kier molecular flexibility index (Phi) is 6.27. The summed E-state index contributed by atoms with van der Waals surface area (Å²) in [6.07, 6.45) is -2.16. The topological polar surface area (TPSA) is 114 Å². The number of allylic oxidation sites excluding steroid dienone is 1. The van der Waals surface area contributed by atoms with Gasteiger partial charge in [-0.15, -0.1) is 6.58 Å². The first-order valence-electron chi connectivity index (χ1n) is 5.66. The third-order valence-corrected chi connectivity index (χ3v) is 3.79. The maximum Gasteiger partial charge on any atom is 0.137 e. The van der Waals surface area contributed by atoms with Crippen LogP contribution in [0.25, 0.3) is 0 Å². The van der Waals surface area contributed by atoms with Crippen molar-refractivity contribution in [2.45, 2.75) is 42.7 Å². The maximum absolute atomic E-state index is 9.74. The molecule has 18 heavy (non-hydrogen) atoms. The highest BCUT2D eigenvalue weighted by Gasteiger charge is 2.43. The van der Waals surface area contributed by atoms with Crippen molar-refractivity contribution in [2.24, 2.45) is 0 Å². The van der Waals surface area contributed by atoms with Crippen molar-refractivity contribution in [3.8, 4) is 0 Å². The number of hydrogen-bond donors (Lipinski definition) is 5. The van der Waals surface area contributed by atoms with Gasteiger partial charge in [0.25, 0.3) is 0 Å². The molecule has 5 unspecified atom stereocenters. The molecule has 1 aliphatic rings. The van der Waals surface area contributed by atoms with E-state index in [0.29, 0.717) is 17.9 Å². The summed E-state index contributed by atoms with van der Waals surface area (Å²) in [5, 5.41) is 45.9. The summed E-state index contributed by atoms with van der Waals surface area (Å²) in [4.78, 5) is 0. The minimum Gasteiger partial charge on any atom is -0.394 e. The maximum atomic E-state index is 9.74. The van der Waals surface area contributed by atoms with Crippen molar-refractivity contribution in [3.63, 3.8) is 0 Å². The number of nitrogens with one attached hydrogen (secondary N) is 1. The third kappa shape index (κ3) is 3.78. The summed E-state index contributed by atoms with van der Waals surface area (Å²) < 4.78 is 5.27. The van der Waals surface area contributed by atoms with Gasteiger partial charge >= 0.3 is 0 Å². The van der Waals surface area contributed by atoms with Crippen molar-refractivity contribution in [2.75, 3.05) is 6.61 Å². The zero-order valence-corrected chi connectivity index (χ0v) is 10.7. The Morgan fingerprint density at radius 2 is 1.94 bits per heavy atom. The van der Waals surface area contributed by atoms with Gasteiger partial charge in [0, 0.05) is 0 Å². The summed E-state index contributed by atoms with van der Waals surface area (Å²) in [5.74, 6) is 0. The predicted octanol–water partition coefficient (Wildman–Crippen LogP) is -0.537. The van der Waals surface area contributed by atoms with E-state index in [4.69, 9.17) is 15.3 Å². The fourth-order valence-corrected chi connectivity index (χ4v) is 2.61. The summed E-state index contributed by atoms with van der Waals surface area (Å²) in [6.45, 7) is 3.09. The predicted molar refractivity (Wildman–Crippen MR) is 68.5 cm³/mol. The number of thioether (sulfide) groups is 1. The Morgan fingerprint density at radius 1 is 1.28 bits per heavy atom. The highest BCUT2D eigenvalue weighted by atomic mass is 32.2. The van der Waals surface area contributed by atoms with Crippen molar-refractivity contribution >= 4 is 16.8 Å². The standard InChI is InChI=1S/C11H19NO5S/c1-2-3-4-7(12)18-11-10(16)9(15)8(14)6(5-13)17-11/h2,6,8-16H,1,3-5H2. The number of rotatable bonds is 5. The second-order valence-electron chi connectivity index (χ2n) is 4.07. The fraction of sp³-hybridized carbons (Fsp3) is 0.727. The average Bonchev–Trinajstić information content (AvgIpc) is 2.37. The normalized spacial score (nSPS) is 36.3. The molecule has 6 nitrogen and oxygen atoms in total. The second kappa shape index (κ2) is 7.22. The van der Waals surface area contributed by atoms with Crippen molar-refractivity contribution in [1.82, 2.24) is 0 Å². The molecule has 0 saturated carbocycles. The van der Waals surface area contributed by atoms with Crippen LogP contribution < -0.4 is 0 Å². The average molecular weight is 277 g/mol. The first-order valence-corrected chi connectivity index (χ1v) is 6.54. The number of ether oxygens (including phenoxy) is 1. The van der Waals surface area contributed by atoms with Gasteiger partial charge < -0.3 is 25.2 Å². The van der Waals surface area contributed by atoms with E-state index in [-0.39, 0.29) is 0 Å². The lowest BCUT2D eigenvalue weighted by Gasteiger charge is -2.39. The third-order valence-electron chi connectivity index (χ3n) is 2.68. The Balaban J connectivity index is 2.58. The van der Waals surface area contributed by atoms with Crippen LogP contribution in [0.15, 0.2) is 12.7 Å². The molecule has 1 fully saturated rings. The van der Waals surface area contributed by atoms with Crippen LogP contribution in [0.4, 0.5) is 0 Å². The minimum atomic E-state index is -1.39. The molecule has 0 radical (unpaired) electrons. The number of aliphatic hydroxyl groups excluding tert-OH is 4. The molecule has 0 aromatic rings. The van der Waals surface area contributed by atoms with E-state index in [2.05, 4.69) is 6.58 Å². The van der Waals surface area contributed by atoms with Gasteiger partial charge in [-0.05, 0) is 12.8 Å². The minimum absolute atomic E-state index is 0.291. The van der Waals surface area contributed by atoms with Gasteiger partial charge in [0.05, 0.1) is 11.7 Å². The molecular weight excluding hydrogens is 258 g/mol. The highest BCUT2D eigenvalue weighted by Crippen LogP contribution is 2.29. The molecule has 7 heteroatoms. The largest absolute Gasteiger partial charge is 0.394 e. The lowest BCUT2D eigenvalue weighted by atomic mass is 10.0. The summed E-state index contributed by atoms with van der Waals surface area (Å²) in [5.41, 5.74) is -0.863. The summed E-state index contributed by atoms with van der Waals surface area (Å²) >= 11 is 0.975. The van der Waals surface area contributed by atoms with Crippen LogP contribution in [0.3, 0.4) is 0 Å². The first-order chi connectivity index (χ1) is 8.51. The van der Waals surface area contributed by atoms with E-state index < -0.39 is 36.5 Å². The van der Waals surface area contributed by atoms with Crippen LogP contribution in [0.2, 0.25) is 0 Å². The molecule has 0 aromatic heterocycles. The Bertz CT molecular complexity index is 299. The SMILES string of the molecule is C=CCCC(=N)SC1OC(CO)C(O)C(O)C1O. The molecule has 5 atom stereocenters. The number of aliphatic hydroxyl groups is 4. The van der Waals surface area contributed by atoms with E-state index in [1.807, 2.05) is 0 Å². The van der Waals surface area contributed by atoms with E-state index in [1.54, 1.807) is 6.08 Å². The van der Waals surface area contributed by atoms with E-state index >= 15 is 0 Å². The zero-order chi connectivity index (χ0) is 13.7. The van der Waals surface area contributed by atoms with Gasteiger partial charge in [0.15, 0.2) is 0 Å². The molecule has 1 saturated heterocycles. The number of hydrogen-bond acceptors (Lipinski definition) is 7. The summed E-state index contributed by atoms with van der Waals surface area (Å²) in [7, 11) is 0. The van der Waals surface area contributed by atoms with E-state index in [9.17, 15) is 15.3 Å². The van der Waals surface area contributed by atoms with Crippen molar-refractivity contribution in [1.29, 1.82) is 5.41 Å². The van der Waals surface area contributed by atoms with Crippen LogP contribution in [0, 0.1) is 5.41 Å². The van der Waals surface area contributed by atoms with Gasteiger partial charge in [0.1, 0.15) is 29.9 Å². The second-order valence-corrected chi connectivity index (χ2v) is 5.26. The monoisotopic (exact) mass is 277 g/mol. The molecule has 1 aliphatic heterocycles. The fourth-order valence-electron chi connectivity index (χ4n) is 1.60. The first kappa shape index (κ1) is 15.6. The van der Waals surface area contributed by atoms with Gasteiger partial charge in [-0.3, -0.25) is 5.41 Å². The molecular formula is C11H19NO5S. The lowest BCUT2D eigenvalue weighted by molar-refractivity contribution is -0.205. The zero-order valence-electron chi connectivity index (χ0n) is 9.90. The Labute approximate surface area is 110 Å². The molecule has 1 heterocycles. The van der Waals surface area contributed by atoms with Crippen LogP contribution >= 0.6 is 11.8 Å². The van der Waals surface area contributed by atoms with Crippen molar-refractivity contribution < 1.29 is 25.2 Å². The van der Waals surface area contributed by atoms with Gasteiger partial charge in [-0.25, -0.2) is 0 Å². The Hall–Kier alpha value is -0.440. The van der Waals surface area contributed by atoms with Crippen LogP contribution in [-0.2, 0) is 4.74 Å². The van der Waals surface area contributed by atoms with E-state index in [0.717, 1.165) is 11.8 Å². The molecule has 0 bridgehead atoms. The lowest BCUT2D eigenvalue weighted by Crippen LogP contribution is -2.57. The highest BCUT2D eigenvalue weighted by molar-refractivity contribution is 8.14. The van der Waals surface area contributed by atoms with Crippen LogP contribution in [-0.4, -0.2) is 61.9 Å². The molecule has 0 amide bonds. The molecule has 5 N–H and O–H groups in total. The smallest absolute Gasteiger partial charge is 0.137 e. The van der Waals surface area contributed by atoms with Crippen LogP contribution in [0.5, 0.6) is 0 Å². The van der Waals surface area contributed by atoms with Gasteiger partial charge in [-0.1, -0.05) is 17.8 Å². The molecule has 0 aliphatic carbocycles. The molecule has 0 spiro atoms. The molecule has 1 rings (SSSR count). The van der Waals surface area contributed by atoms with Crippen molar-refractivity contribution in [3.05, 3.63) is 12.7 Å². The Morgan fingerprint density at radius 3 is 2.50 bits per heavy atom. The molecule has 104 valence electrons. The van der Waals surface area contributed by atoms with Gasteiger partial charge in [0.2, 0.25) is 0 Å². The molecule has 0 aromatic carbocycles. The summed E-state index contributed by atoms with van der Waals surface area (Å²) in [6, 6.07) is 0. The van der Waals surface area contributed by atoms with Crippen LogP contribution in [0.1, 0.15) is 12.8 Å². The van der Waals surface area contributed by atoms with Gasteiger partial charge in [-0.2, -0.15) is 0 Å². The quantitative estimate of drug-likeness (QED) is 0.262. The van der Waals surface area contributed by atoms with E-state index in [1.165, 1.54) is 0 Å².